The molecule has 82 valence electrons. The number of methoxy groups -OCH3 is 2. The molecule has 15 heavy (non-hydrogen) atoms. The highest BCUT2D eigenvalue weighted by Gasteiger charge is 2.05. The summed E-state index contributed by atoms with van der Waals surface area (Å²) in [5.41, 5.74) is 7.48. The Bertz CT molecular complexity index is 352. The number of rotatable bonds is 5. The highest BCUT2D eigenvalue weighted by atomic mass is 32.1. The summed E-state index contributed by atoms with van der Waals surface area (Å²) in [6.45, 7) is 0.650. The number of hydrogen-bond acceptors (Lipinski definition) is 3. The predicted octanol–water partition coefficient (Wildman–Crippen LogP) is 1.52. The number of benzene rings is 1. The zero-order chi connectivity index (χ0) is 11.3. The lowest BCUT2D eigenvalue weighted by Crippen LogP contribution is -2.10. The molecule has 1 aromatic rings. The largest absolute Gasteiger partial charge is 0.496 e. The van der Waals surface area contributed by atoms with Crippen LogP contribution >= 0.6 is 12.2 Å². The zero-order valence-corrected chi connectivity index (χ0v) is 9.76. The maximum Gasteiger partial charge on any atom is 0.122 e. The first-order valence-electron chi connectivity index (χ1n) is 4.64. The van der Waals surface area contributed by atoms with Crippen molar-refractivity contribution in [1.29, 1.82) is 0 Å². The Kier molecular flexibility index (Phi) is 4.52. The fourth-order valence-corrected chi connectivity index (χ4v) is 1.47. The maximum atomic E-state index is 5.56. The molecule has 0 amide bonds. The van der Waals surface area contributed by atoms with Gasteiger partial charge < -0.3 is 15.2 Å². The lowest BCUT2D eigenvalue weighted by atomic mass is 10.1. The minimum Gasteiger partial charge on any atom is -0.496 e. The average molecular weight is 225 g/mol. The predicted molar refractivity (Wildman–Crippen MR) is 64.5 cm³/mol. The van der Waals surface area contributed by atoms with E-state index in [1.54, 1.807) is 14.2 Å². The molecule has 0 aliphatic carbocycles. The van der Waals surface area contributed by atoms with Gasteiger partial charge in [0.05, 0.1) is 13.7 Å². The van der Waals surface area contributed by atoms with Gasteiger partial charge in [0.2, 0.25) is 0 Å². The van der Waals surface area contributed by atoms with Crippen LogP contribution in [0.3, 0.4) is 0 Å². The standard InChI is InChI=1S/C11H15NO2S/c1-13-6-5-8-7-9(11(12)15)3-4-10(8)14-2/h3-4,7H,5-6H2,1-2H3,(H2,12,15). The van der Waals surface area contributed by atoms with Crippen LogP contribution in [0.4, 0.5) is 0 Å². The number of ether oxygens (including phenoxy) is 2. The molecule has 0 atom stereocenters. The van der Waals surface area contributed by atoms with Crippen LogP contribution in [0.1, 0.15) is 11.1 Å². The van der Waals surface area contributed by atoms with E-state index >= 15 is 0 Å². The Labute approximate surface area is 95.2 Å². The summed E-state index contributed by atoms with van der Waals surface area (Å²) >= 11 is 4.92. The molecule has 1 rings (SSSR count). The molecule has 0 unspecified atom stereocenters. The SMILES string of the molecule is COCCc1cc(C(N)=S)ccc1OC. The lowest BCUT2D eigenvalue weighted by molar-refractivity contribution is 0.201. The van der Waals surface area contributed by atoms with Crippen molar-refractivity contribution >= 4 is 17.2 Å². The summed E-state index contributed by atoms with van der Waals surface area (Å²) in [6.07, 6.45) is 0.788. The van der Waals surface area contributed by atoms with Crippen molar-refractivity contribution in [3.8, 4) is 5.75 Å². The molecule has 0 bridgehead atoms. The summed E-state index contributed by atoms with van der Waals surface area (Å²) in [7, 11) is 3.32. The van der Waals surface area contributed by atoms with E-state index in [1.807, 2.05) is 18.2 Å². The molecular formula is C11H15NO2S. The molecular weight excluding hydrogens is 210 g/mol. The molecule has 0 aliphatic heterocycles. The molecule has 0 radical (unpaired) electrons. The van der Waals surface area contributed by atoms with E-state index in [2.05, 4.69) is 0 Å². The van der Waals surface area contributed by atoms with E-state index < -0.39 is 0 Å². The van der Waals surface area contributed by atoms with Crippen LogP contribution in [-0.2, 0) is 11.2 Å². The third-order valence-electron chi connectivity index (χ3n) is 2.14. The second-order valence-electron chi connectivity index (χ2n) is 3.13. The first kappa shape index (κ1) is 11.9. The molecule has 0 heterocycles. The van der Waals surface area contributed by atoms with Crippen molar-refractivity contribution in [3.05, 3.63) is 29.3 Å². The second-order valence-corrected chi connectivity index (χ2v) is 3.57. The summed E-state index contributed by atoms with van der Waals surface area (Å²) in [5, 5.41) is 0. The molecule has 4 heteroatoms. The highest BCUT2D eigenvalue weighted by Crippen LogP contribution is 2.20. The van der Waals surface area contributed by atoms with Crippen molar-refractivity contribution in [2.75, 3.05) is 20.8 Å². The van der Waals surface area contributed by atoms with Gasteiger partial charge in [0.15, 0.2) is 0 Å². The van der Waals surface area contributed by atoms with Gasteiger partial charge in [-0.05, 0) is 30.2 Å². The molecule has 0 aliphatic rings. The number of nitrogens with two attached hydrogens (primary N) is 1. The Morgan fingerprint density at radius 1 is 1.40 bits per heavy atom. The summed E-state index contributed by atoms with van der Waals surface area (Å²) in [5.74, 6) is 0.840. The quantitative estimate of drug-likeness (QED) is 0.772. The highest BCUT2D eigenvalue weighted by molar-refractivity contribution is 7.80. The van der Waals surface area contributed by atoms with Crippen molar-refractivity contribution in [2.45, 2.75) is 6.42 Å². The van der Waals surface area contributed by atoms with E-state index in [-0.39, 0.29) is 0 Å². The van der Waals surface area contributed by atoms with Crippen LogP contribution in [0.2, 0.25) is 0 Å². The van der Waals surface area contributed by atoms with Crippen LogP contribution in [0.5, 0.6) is 5.75 Å². The summed E-state index contributed by atoms with van der Waals surface area (Å²) in [6, 6.07) is 5.68. The molecule has 0 saturated heterocycles. The Hall–Kier alpha value is -1.13. The lowest BCUT2D eigenvalue weighted by Gasteiger charge is -2.09. The number of hydrogen-bond donors (Lipinski definition) is 1. The molecule has 0 spiro atoms. The summed E-state index contributed by atoms with van der Waals surface area (Å²) in [4.78, 5) is 0.399. The van der Waals surface area contributed by atoms with Crippen molar-refractivity contribution in [2.24, 2.45) is 5.73 Å². The van der Waals surface area contributed by atoms with Gasteiger partial charge in [-0.2, -0.15) is 0 Å². The first-order chi connectivity index (χ1) is 7.19. The van der Waals surface area contributed by atoms with Crippen LogP contribution in [0, 0.1) is 0 Å². The average Bonchev–Trinajstić information content (AvgIpc) is 2.25. The van der Waals surface area contributed by atoms with Gasteiger partial charge in [-0.25, -0.2) is 0 Å². The van der Waals surface area contributed by atoms with Crippen molar-refractivity contribution in [1.82, 2.24) is 0 Å². The van der Waals surface area contributed by atoms with Crippen LogP contribution in [0.15, 0.2) is 18.2 Å². The third-order valence-corrected chi connectivity index (χ3v) is 2.38. The minimum absolute atomic E-state index is 0.399. The van der Waals surface area contributed by atoms with E-state index in [1.165, 1.54) is 0 Å². The monoisotopic (exact) mass is 225 g/mol. The Balaban J connectivity index is 2.96. The molecule has 0 saturated carbocycles. The van der Waals surface area contributed by atoms with Gasteiger partial charge in [0, 0.05) is 12.7 Å². The second kappa shape index (κ2) is 5.68. The fourth-order valence-electron chi connectivity index (χ4n) is 1.34. The minimum atomic E-state index is 0.399. The van der Waals surface area contributed by atoms with Crippen molar-refractivity contribution < 1.29 is 9.47 Å². The Morgan fingerprint density at radius 2 is 2.13 bits per heavy atom. The van der Waals surface area contributed by atoms with Gasteiger partial charge in [-0.1, -0.05) is 12.2 Å². The molecule has 2 N–H and O–H groups in total. The van der Waals surface area contributed by atoms with E-state index in [0.717, 1.165) is 23.3 Å². The van der Waals surface area contributed by atoms with Gasteiger partial charge in [-0.3, -0.25) is 0 Å². The molecule has 0 fully saturated rings. The van der Waals surface area contributed by atoms with Gasteiger partial charge in [0.1, 0.15) is 10.7 Å². The molecule has 3 nitrogen and oxygen atoms in total. The molecule has 0 aromatic heterocycles. The topological polar surface area (TPSA) is 44.5 Å². The molecule has 1 aromatic carbocycles. The number of thiocarbonyl (C=S) groups is 1. The van der Waals surface area contributed by atoms with E-state index in [0.29, 0.717) is 11.6 Å². The van der Waals surface area contributed by atoms with Crippen LogP contribution in [0.25, 0.3) is 0 Å². The van der Waals surface area contributed by atoms with E-state index in [4.69, 9.17) is 27.4 Å². The van der Waals surface area contributed by atoms with Crippen LogP contribution < -0.4 is 10.5 Å². The first-order valence-corrected chi connectivity index (χ1v) is 5.05. The van der Waals surface area contributed by atoms with Crippen molar-refractivity contribution in [3.63, 3.8) is 0 Å². The third kappa shape index (κ3) is 3.18. The van der Waals surface area contributed by atoms with Gasteiger partial charge >= 0.3 is 0 Å². The Morgan fingerprint density at radius 3 is 2.67 bits per heavy atom. The van der Waals surface area contributed by atoms with Gasteiger partial charge in [-0.15, -0.1) is 0 Å². The summed E-state index contributed by atoms with van der Waals surface area (Å²) < 4.78 is 10.3. The van der Waals surface area contributed by atoms with E-state index in [9.17, 15) is 0 Å². The fraction of sp³-hybridized carbons (Fsp3) is 0.364. The maximum absolute atomic E-state index is 5.56. The van der Waals surface area contributed by atoms with Gasteiger partial charge in [0.25, 0.3) is 0 Å². The smallest absolute Gasteiger partial charge is 0.122 e. The van der Waals surface area contributed by atoms with Crippen LogP contribution in [-0.4, -0.2) is 25.8 Å². The zero-order valence-electron chi connectivity index (χ0n) is 8.95. The normalized spacial score (nSPS) is 10.0.